The molecule has 0 bridgehead atoms. The molecule has 1 atom stereocenters. The number of carbonyl (C=O) groups excluding carboxylic acids is 1. The number of benzene rings is 2. The van der Waals surface area contributed by atoms with Crippen molar-refractivity contribution in [2.45, 2.75) is 19.9 Å². The predicted octanol–water partition coefficient (Wildman–Crippen LogP) is 4.39. The van der Waals surface area contributed by atoms with Crippen molar-refractivity contribution in [3.63, 3.8) is 0 Å². The van der Waals surface area contributed by atoms with Gasteiger partial charge in [0.05, 0.1) is 12.2 Å². The van der Waals surface area contributed by atoms with Crippen LogP contribution in [0.25, 0.3) is 0 Å². The van der Waals surface area contributed by atoms with E-state index in [2.05, 4.69) is 15.7 Å². The fourth-order valence-electron chi connectivity index (χ4n) is 3.26. The molecular formula is C22H19ClN4O3. The molecule has 1 amide bonds. The normalized spacial score (nSPS) is 15.0. The predicted molar refractivity (Wildman–Crippen MR) is 115 cm³/mol. The quantitative estimate of drug-likeness (QED) is 0.579. The summed E-state index contributed by atoms with van der Waals surface area (Å²) >= 11 is 6.14. The zero-order valence-electron chi connectivity index (χ0n) is 16.3. The van der Waals surface area contributed by atoms with Crippen molar-refractivity contribution in [2.24, 2.45) is 0 Å². The fraction of sp³-hybridized carbons (Fsp3) is 0.136. The number of aromatic nitrogens is 2. The molecule has 4 rings (SSSR count). The van der Waals surface area contributed by atoms with E-state index < -0.39 is 17.9 Å². The van der Waals surface area contributed by atoms with Crippen LogP contribution >= 0.6 is 11.6 Å². The van der Waals surface area contributed by atoms with Gasteiger partial charge in [-0.05, 0) is 43.2 Å². The zero-order valence-corrected chi connectivity index (χ0v) is 17.1. The summed E-state index contributed by atoms with van der Waals surface area (Å²) in [5.74, 6) is -1.22. The average Bonchev–Trinajstić information content (AvgIpc) is 3.15. The number of carbonyl (C=O) groups is 2. The number of halogens is 1. The minimum Gasteiger partial charge on any atom is -0.477 e. The Bertz CT molecular complexity index is 1180. The summed E-state index contributed by atoms with van der Waals surface area (Å²) in [6.45, 7) is 3.85. The molecule has 1 aliphatic heterocycles. The van der Waals surface area contributed by atoms with Gasteiger partial charge in [-0.3, -0.25) is 4.79 Å². The maximum atomic E-state index is 12.9. The first kappa shape index (κ1) is 19.7. The maximum Gasteiger partial charge on any atom is 0.352 e. The Hall–Kier alpha value is -3.58. The first-order valence-electron chi connectivity index (χ1n) is 9.27. The summed E-state index contributed by atoms with van der Waals surface area (Å²) in [6.07, 6.45) is 3.00. The van der Waals surface area contributed by atoms with Crippen molar-refractivity contribution < 1.29 is 14.7 Å². The number of nitrogens with zero attached hydrogens (tertiary/aromatic N) is 2. The third-order valence-corrected chi connectivity index (χ3v) is 5.37. The van der Waals surface area contributed by atoms with Crippen LogP contribution in [-0.2, 0) is 4.79 Å². The first-order valence-corrected chi connectivity index (χ1v) is 9.65. The van der Waals surface area contributed by atoms with Gasteiger partial charge in [0.25, 0.3) is 5.91 Å². The van der Waals surface area contributed by atoms with Crippen molar-refractivity contribution in [2.75, 3.05) is 10.6 Å². The van der Waals surface area contributed by atoms with E-state index in [1.54, 1.807) is 22.9 Å². The number of fused-ring (bicyclic) bond motifs is 1. The standard InChI is InChI=1S/C22H19ClN4O3/c1-12-3-6-14(7-4-12)19-10-18(22(29)30)26-20-16(11-24-27(19)20)21(28)25-15-8-5-13(2)17(23)9-15/h3-11,19,26H,1-2H3,(H,25,28)(H,29,30)/t19-/m1/s1. The van der Waals surface area contributed by atoms with Gasteiger partial charge in [-0.25, -0.2) is 9.48 Å². The lowest BCUT2D eigenvalue weighted by molar-refractivity contribution is -0.132. The minimum absolute atomic E-state index is 0.0130. The van der Waals surface area contributed by atoms with Gasteiger partial charge in [0.2, 0.25) is 0 Å². The van der Waals surface area contributed by atoms with Crippen LogP contribution in [0.15, 0.2) is 60.4 Å². The Labute approximate surface area is 178 Å². The Kier molecular flexibility index (Phi) is 5.05. The molecule has 2 heterocycles. The van der Waals surface area contributed by atoms with Gasteiger partial charge in [0, 0.05) is 10.7 Å². The lowest BCUT2D eigenvalue weighted by Crippen LogP contribution is -2.25. The molecule has 0 unspecified atom stereocenters. The molecule has 0 spiro atoms. The van der Waals surface area contributed by atoms with E-state index >= 15 is 0 Å². The number of anilines is 2. The highest BCUT2D eigenvalue weighted by atomic mass is 35.5. The number of carboxylic acids is 1. The Morgan fingerprint density at radius 1 is 1.17 bits per heavy atom. The summed E-state index contributed by atoms with van der Waals surface area (Å²) in [6, 6.07) is 12.5. The third-order valence-electron chi connectivity index (χ3n) is 4.96. The molecule has 1 aliphatic rings. The minimum atomic E-state index is -1.11. The van der Waals surface area contributed by atoms with E-state index in [0.717, 1.165) is 16.7 Å². The Morgan fingerprint density at radius 3 is 2.57 bits per heavy atom. The molecule has 30 heavy (non-hydrogen) atoms. The highest BCUT2D eigenvalue weighted by Crippen LogP contribution is 2.32. The molecule has 0 radical (unpaired) electrons. The largest absolute Gasteiger partial charge is 0.477 e. The zero-order chi connectivity index (χ0) is 21.4. The van der Waals surface area contributed by atoms with E-state index in [9.17, 15) is 14.7 Å². The Morgan fingerprint density at radius 2 is 1.90 bits per heavy atom. The molecular weight excluding hydrogens is 404 g/mol. The van der Waals surface area contributed by atoms with Gasteiger partial charge in [-0.15, -0.1) is 0 Å². The number of carboxylic acid groups (broad SMARTS) is 1. The maximum absolute atomic E-state index is 12.9. The number of allylic oxidation sites excluding steroid dienone is 1. The Balaban J connectivity index is 1.70. The SMILES string of the molecule is Cc1ccc([C@H]2C=C(C(=O)O)Nc3c(C(=O)Nc4ccc(C)c(Cl)c4)cnn32)cc1. The van der Waals surface area contributed by atoms with E-state index in [-0.39, 0.29) is 11.3 Å². The van der Waals surface area contributed by atoms with Crippen LogP contribution in [-0.4, -0.2) is 26.8 Å². The molecule has 8 heteroatoms. The monoisotopic (exact) mass is 422 g/mol. The van der Waals surface area contributed by atoms with Crippen LogP contribution in [0.2, 0.25) is 5.02 Å². The molecule has 152 valence electrons. The van der Waals surface area contributed by atoms with Crippen molar-refractivity contribution in [1.82, 2.24) is 9.78 Å². The summed E-state index contributed by atoms with van der Waals surface area (Å²) in [4.78, 5) is 24.6. The van der Waals surface area contributed by atoms with Gasteiger partial charge in [0.1, 0.15) is 17.1 Å². The fourth-order valence-corrected chi connectivity index (χ4v) is 3.44. The van der Waals surface area contributed by atoms with Crippen molar-refractivity contribution in [3.8, 4) is 0 Å². The molecule has 2 aromatic carbocycles. The molecule has 7 nitrogen and oxygen atoms in total. The molecule has 0 saturated carbocycles. The first-order chi connectivity index (χ1) is 14.3. The van der Waals surface area contributed by atoms with Crippen LogP contribution in [0.5, 0.6) is 0 Å². The van der Waals surface area contributed by atoms with Gasteiger partial charge in [0.15, 0.2) is 0 Å². The van der Waals surface area contributed by atoms with Crippen LogP contribution in [0.3, 0.4) is 0 Å². The smallest absolute Gasteiger partial charge is 0.352 e. The van der Waals surface area contributed by atoms with Crippen LogP contribution in [0.1, 0.15) is 33.1 Å². The van der Waals surface area contributed by atoms with E-state index in [0.29, 0.717) is 16.5 Å². The number of amides is 1. The highest BCUT2D eigenvalue weighted by Gasteiger charge is 2.29. The summed E-state index contributed by atoms with van der Waals surface area (Å²) in [7, 11) is 0. The number of aryl methyl sites for hydroxylation is 2. The van der Waals surface area contributed by atoms with Gasteiger partial charge in [-0.1, -0.05) is 47.5 Å². The third kappa shape index (κ3) is 3.67. The van der Waals surface area contributed by atoms with E-state index in [1.807, 2.05) is 44.2 Å². The van der Waals surface area contributed by atoms with Crippen LogP contribution in [0, 0.1) is 13.8 Å². The summed E-state index contributed by atoms with van der Waals surface area (Å²) < 4.78 is 1.61. The van der Waals surface area contributed by atoms with E-state index in [1.165, 1.54) is 6.20 Å². The van der Waals surface area contributed by atoms with Crippen LogP contribution in [0.4, 0.5) is 11.5 Å². The molecule has 0 aliphatic carbocycles. The summed E-state index contributed by atoms with van der Waals surface area (Å²) in [5.41, 5.74) is 3.61. The number of rotatable bonds is 4. The van der Waals surface area contributed by atoms with E-state index in [4.69, 9.17) is 11.6 Å². The average molecular weight is 423 g/mol. The van der Waals surface area contributed by atoms with Gasteiger partial charge < -0.3 is 15.7 Å². The van der Waals surface area contributed by atoms with Crippen LogP contribution < -0.4 is 10.6 Å². The summed E-state index contributed by atoms with van der Waals surface area (Å²) in [5, 5.41) is 20.1. The second-order valence-electron chi connectivity index (χ2n) is 7.14. The topological polar surface area (TPSA) is 96.2 Å². The van der Waals surface area contributed by atoms with Crippen molar-refractivity contribution in [3.05, 3.63) is 87.7 Å². The number of hydrogen-bond acceptors (Lipinski definition) is 4. The molecule has 0 fully saturated rings. The second kappa shape index (κ2) is 7.68. The number of aliphatic carboxylic acids is 1. The number of hydrogen-bond donors (Lipinski definition) is 3. The molecule has 3 aromatic rings. The molecule has 3 N–H and O–H groups in total. The second-order valence-corrected chi connectivity index (χ2v) is 7.54. The lowest BCUT2D eigenvalue weighted by atomic mass is 10.0. The van der Waals surface area contributed by atoms with Crippen molar-refractivity contribution >= 4 is 35.0 Å². The van der Waals surface area contributed by atoms with Gasteiger partial charge >= 0.3 is 5.97 Å². The van der Waals surface area contributed by atoms with Gasteiger partial charge in [-0.2, -0.15) is 5.10 Å². The highest BCUT2D eigenvalue weighted by molar-refractivity contribution is 6.31. The lowest BCUT2D eigenvalue weighted by Gasteiger charge is -2.24. The number of nitrogens with one attached hydrogen (secondary N) is 2. The molecule has 1 aromatic heterocycles. The van der Waals surface area contributed by atoms with Crippen molar-refractivity contribution in [1.29, 1.82) is 0 Å². The molecule has 0 saturated heterocycles.